The molecular formula is C16H24O4. The van der Waals surface area contributed by atoms with Crippen molar-refractivity contribution in [3.8, 4) is 0 Å². The van der Waals surface area contributed by atoms with Crippen molar-refractivity contribution in [2.75, 3.05) is 0 Å². The molecule has 0 bridgehead atoms. The molecule has 2 aliphatic rings. The Labute approximate surface area is 120 Å². The first-order chi connectivity index (χ1) is 9.49. The standard InChI is InChI=1S/C16H24O4/c1-12-6-3-2-4-7-13-10-14(17)11-16(13,19)9-5-8-15(18)20-12/h4-5,7-8,12-14,17,19H,2-3,6,9-11H2,1H3/t12-,13?,14-,16-/m0/s1. The van der Waals surface area contributed by atoms with E-state index in [4.69, 9.17) is 4.74 Å². The van der Waals surface area contributed by atoms with Gasteiger partial charge in [-0.3, -0.25) is 0 Å². The van der Waals surface area contributed by atoms with Crippen molar-refractivity contribution in [1.29, 1.82) is 0 Å². The van der Waals surface area contributed by atoms with Crippen LogP contribution in [-0.4, -0.2) is 34.0 Å². The molecule has 0 aromatic carbocycles. The molecule has 112 valence electrons. The molecule has 0 spiro atoms. The Morgan fingerprint density at radius 3 is 3.00 bits per heavy atom. The number of carbonyl (C=O) groups excluding carboxylic acids is 1. The summed E-state index contributed by atoms with van der Waals surface area (Å²) in [6.07, 6.45) is 10.6. The normalized spacial score (nSPS) is 39.4. The molecular weight excluding hydrogens is 256 g/mol. The van der Waals surface area contributed by atoms with Crippen LogP contribution in [0.5, 0.6) is 0 Å². The van der Waals surface area contributed by atoms with Gasteiger partial charge in [0.05, 0.1) is 17.8 Å². The fourth-order valence-corrected chi connectivity index (χ4v) is 3.09. The van der Waals surface area contributed by atoms with E-state index in [0.717, 1.165) is 19.3 Å². The van der Waals surface area contributed by atoms with Crippen molar-refractivity contribution < 1.29 is 19.7 Å². The Hall–Kier alpha value is -1.13. The maximum atomic E-state index is 11.6. The number of esters is 1. The van der Waals surface area contributed by atoms with Crippen molar-refractivity contribution in [1.82, 2.24) is 0 Å². The summed E-state index contributed by atoms with van der Waals surface area (Å²) in [6.45, 7) is 1.90. The van der Waals surface area contributed by atoms with Crippen molar-refractivity contribution in [2.24, 2.45) is 5.92 Å². The quantitative estimate of drug-likeness (QED) is 0.527. The molecule has 0 radical (unpaired) electrons. The molecule has 2 rings (SSSR count). The lowest BCUT2D eigenvalue weighted by molar-refractivity contribution is -0.142. The molecule has 2 N–H and O–H groups in total. The van der Waals surface area contributed by atoms with Gasteiger partial charge in [0.25, 0.3) is 0 Å². The Bertz CT molecular complexity index is 401. The lowest BCUT2D eigenvalue weighted by atomic mass is 9.87. The number of carbonyl (C=O) groups is 1. The van der Waals surface area contributed by atoms with Crippen LogP contribution in [0.2, 0.25) is 0 Å². The zero-order chi connectivity index (χ0) is 14.6. The van der Waals surface area contributed by atoms with Gasteiger partial charge in [-0.25, -0.2) is 4.79 Å². The zero-order valence-corrected chi connectivity index (χ0v) is 12.0. The molecule has 1 unspecified atom stereocenters. The molecule has 1 aliphatic carbocycles. The van der Waals surface area contributed by atoms with Gasteiger partial charge in [-0.1, -0.05) is 18.2 Å². The molecule has 0 amide bonds. The van der Waals surface area contributed by atoms with E-state index in [0.29, 0.717) is 19.3 Å². The van der Waals surface area contributed by atoms with Gasteiger partial charge in [0.15, 0.2) is 0 Å². The molecule has 1 fully saturated rings. The molecule has 4 atom stereocenters. The number of fused-ring (bicyclic) bond motifs is 1. The van der Waals surface area contributed by atoms with E-state index in [1.807, 2.05) is 13.0 Å². The van der Waals surface area contributed by atoms with Crippen molar-refractivity contribution >= 4 is 5.97 Å². The lowest BCUT2D eigenvalue weighted by Crippen LogP contribution is -2.31. The van der Waals surface area contributed by atoms with Crippen molar-refractivity contribution in [3.63, 3.8) is 0 Å². The first-order valence-corrected chi connectivity index (χ1v) is 7.44. The van der Waals surface area contributed by atoms with Gasteiger partial charge in [0.2, 0.25) is 0 Å². The van der Waals surface area contributed by atoms with Gasteiger partial charge in [-0.15, -0.1) is 0 Å². The van der Waals surface area contributed by atoms with E-state index < -0.39 is 11.7 Å². The van der Waals surface area contributed by atoms with E-state index in [1.54, 1.807) is 6.08 Å². The first kappa shape index (κ1) is 15.3. The highest BCUT2D eigenvalue weighted by molar-refractivity contribution is 5.82. The number of hydrogen-bond acceptors (Lipinski definition) is 4. The number of ether oxygens (including phenoxy) is 1. The van der Waals surface area contributed by atoms with Crippen molar-refractivity contribution in [3.05, 3.63) is 24.3 Å². The van der Waals surface area contributed by atoms with E-state index >= 15 is 0 Å². The molecule has 1 aliphatic heterocycles. The van der Waals surface area contributed by atoms with Crippen LogP contribution in [0.4, 0.5) is 0 Å². The summed E-state index contributed by atoms with van der Waals surface area (Å²) in [7, 11) is 0. The monoisotopic (exact) mass is 280 g/mol. The maximum absolute atomic E-state index is 11.6. The topological polar surface area (TPSA) is 66.8 Å². The molecule has 0 aromatic rings. The number of cyclic esters (lactones) is 1. The SMILES string of the molecule is C[C@H]1CCCC=CC2C[C@H](O)C[C@@]2(O)CC=CC(=O)O1. The van der Waals surface area contributed by atoms with Crippen LogP contribution in [0.3, 0.4) is 0 Å². The summed E-state index contributed by atoms with van der Waals surface area (Å²) in [5.74, 6) is -0.403. The first-order valence-electron chi connectivity index (χ1n) is 7.44. The second kappa shape index (κ2) is 6.55. The van der Waals surface area contributed by atoms with Crippen LogP contribution in [0.1, 0.15) is 45.4 Å². The zero-order valence-electron chi connectivity index (χ0n) is 12.0. The second-order valence-electron chi connectivity index (χ2n) is 6.02. The average Bonchev–Trinajstić information content (AvgIpc) is 2.63. The van der Waals surface area contributed by atoms with Gasteiger partial charge in [-0.2, -0.15) is 0 Å². The minimum Gasteiger partial charge on any atom is -0.460 e. The summed E-state index contributed by atoms with van der Waals surface area (Å²) < 4.78 is 5.25. The summed E-state index contributed by atoms with van der Waals surface area (Å²) in [4.78, 5) is 11.6. The third kappa shape index (κ3) is 3.93. The van der Waals surface area contributed by atoms with Crippen LogP contribution in [0.15, 0.2) is 24.3 Å². The second-order valence-corrected chi connectivity index (χ2v) is 6.02. The number of rotatable bonds is 0. The van der Waals surface area contributed by atoms with E-state index in [-0.39, 0.29) is 18.0 Å². The van der Waals surface area contributed by atoms with Gasteiger partial charge in [0.1, 0.15) is 0 Å². The summed E-state index contributed by atoms with van der Waals surface area (Å²) in [5.41, 5.74) is -0.952. The predicted molar refractivity (Wildman–Crippen MR) is 76.0 cm³/mol. The minimum atomic E-state index is -0.952. The highest BCUT2D eigenvalue weighted by atomic mass is 16.5. The average molecular weight is 280 g/mol. The van der Waals surface area contributed by atoms with E-state index in [1.165, 1.54) is 6.08 Å². The van der Waals surface area contributed by atoms with Crippen LogP contribution in [0.25, 0.3) is 0 Å². The Morgan fingerprint density at radius 1 is 1.40 bits per heavy atom. The molecule has 20 heavy (non-hydrogen) atoms. The van der Waals surface area contributed by atoms with Crippen LogP contribution < -0.4 is 0 Å². The molecule has 0 saturated heterocycles. The highest BCUT2D eigenvalue weighted by Gasteiger charge is 2.43. The fourth-order valence-electron chi connectivity index (χ4n) is 3.09. The summed E-state index contributed by atoms with van der Waals surface area (Å²) in [6, 6.07) is 0. The third-order valence-electron chi connectivity index (χ3n) is 4.20. The molecule has 4 heteroatoms. The van der Waals surface area contributed by atoms with Crippen LogP contribution in [-0.2, 0) is 9.53 Å². The maximum Gasteiger partial charge on any atom is 0.330 e. The number of aliphatic hydroxyl groups excluding tert-OH is 1. The van der Waals surface area contributed by atoms with Gasteiger partial charge >= 0.3 is 5.97 Å². The van der Waals surface area contributed by atoms with E-state index in [9.17, 15) is 15.0 Å². The predicted octanol–water partition coefficient (Wildman–Crippen LogP) is 2.11. The Morgan fingerprint density at radius 2 is 2.20 bits per heavy atom. The lowest BCUT2D eigenvalue weighted by Gasteiger charge is -2.26. The summed E-state index contributed by atoms with van der Waals surface area (Å²) >= 11 is 0. The van der Waals surface area contributed by atoms with E-state index in [2.05, 4.69) is 6.08 Å². The van der Waals surface area contributed by atoms with Gasteiger partial charge in [0, 0.05) is 18.4 Å². The van der Waals surface area contributed by atoms with Crippen molar-refractivity contribution in [2.45, 2.75) is 63.3 Å². The largest absolute Gasteiger partial charge is 0.460 e. The third-order valence-corrected chi connectivity index (χ3v) is 4.20. The Kier molecular flexibility index (Phi) is 5.00. The Balaban J connectivity index is 2.12. The van der Waals surface area contributed by atoms with Crippen LogP contribution in [0, 0.1) is 5.92 Å². The number of hydrogen-bond donors (Lipinski definition) is 2. The number of allylic oxidation sites excluding steroid dienone is 1. The molecule has 1 heterocycles. The van der Waals surface area contributed by atoms with Gasteiger partial charge < -0.3 is 14.9 Å². The molecule has 4 nitrogen and oxygen atoms in total. The van der Waals surface area contributed by atoms with Gasteiger partial charge in [-0.05, 0) is 39.0 Å². The fraction of sp³-hybridized carbons (Fsp3) is 0.688. The molecule has 0 aromatic heterocycles. The smallest absolute Gasteiger partial charge is 0.330 e. The molecule has 1 saturated carbocycles. The minimum absolute atomic E-state index is 0.0450. The number of aliphatic hydroxyl groups is 2. The highest BCUT2D eigenvalue weighted by Crippen LogP contribution is 2.39. The summed E-state index contributed by atoms with van der Waals surface area (Å²) in [5, 5.41) is 20.4. The van der Waals surface area contributed by atoms with Crippen LogP contribution >= 0.6 is 0 Å².